The fourth-order valence-electron chi connectivity index (χ4n) is 4.48. The molecule has 1 aliphatic heterocycles. The molecule has 1 heterocycles. The van der Waals surface area contributed by atoms with E-state index in [1.54, 1.807) is 0 Å². The first-order chi connectivity index (χ1) is 15.2. The highest BCUT2D eigenvalue weighted by molar-refractivity contribution is 5.83. The molecule has 0 bridgehead atoms. The van der Waals surface area contributed by atoms with Crippen molar-refractivity contribution in [3.63, 3.8) is 0 Å². The molecule has 0 radical (unpaired) electrons. The van der Waals surface area contributed by atoms with Gasteiger partial charge in [0.1, 0.15) is 5.75 Å². The van der Waals surface area contributed by atoms with Crippen molar-refractivity contribution in [2.24, 2.45) is 5.92 Å². The average molecular weight is 419 g/mol. The van der Waals surface area contributed by atoms with E-state index in [-0.39, 0.29) is 11.8 Å². The van der Waals surface area contributed by atoms with Crippen LogP contribution in [-0.2, 0) is 4.79 Å². The Hall–Kier alpha value is -2.49. The van der Waals surface area contributed by atoms with Crippen LogP contribution in [0, 0.1) is 5.92 Å². The molecule has 2 aromatic rings. The van der Waals surface area contributed by atoms with Crippen LogP contribution in [0.4, 0.5) is 5.69 Å². The van der Waals surface area contributed by atoms with Crippen LogP contribution in [0.2, 0.25) is 0 Å². The average Bonchev–Trinajstić information content (AvgIpc) is 3.74. The molecule has 1 amide bonds. The van der Waals surface area contributed by atoms with Gasteiger partial charge < -0.3 is 15.0 Å². The Balaban J connectivity index is 1.12. The lowest BCUT2D eigenvalue weighted by Crippen LogP contribution is -2.32. The maximum Gasteiger partial charge on any atom is 0.227 e. The summed E-state index contributed by atoms with van der Waals surface area (Å²) in [5, 5.41) is 3.12. The van der Waals surface area contributed by atoms with Crippen LogP contribution in [0.3, 0.4) is 0 Å². The third kappa shape index (κ3) is 5.23. The predicted octanol–water partition coefficient (Wildman–Crippen LogP) is 5.24. The Morgan fingerprint density at radius 2 is 1.65 bits per heavy atom. The number of carbonyl (C=O) groups is 1. The molecule has 0 spiro atoms. The molecule has 164 valence electrons. The van der Waals surface area contributed by atoms with Gasteiger partial charge in [-0.3, -0.25) is 4.79 Å². The lowest BCUT2D eigenvalue weighted by atomic mass is 9.87. The van der Waals surface area contributed by atoms with Crippen LogP contribution in [0.1, 0.15) is 68.4 Å². The summed E-state index contributed by atoms with van der Waals surface area (Å²) in [6, 6.07) is 17.8. The van der Waals surface area contributed by atoms with Gasteiger partial charge in [-0.2, -0.15) is 0 Å². The minimum atomic E-state index is -0.0762. The number of piperidine rings is 1. The van der Waals surface area contributed by atoms with Crippen molar-refractivity contribution >= 4 is 11.6 Å². The van der Waals surface area contributed by atoms with Crippen LogP contribution in [0.5, 0.6) is 5.75 Å². The Labute approximate surface area is 186 Å². The molecule has 2 aromatic carbocycles. The zero-order valence-corrected chi connectivity index (χ0v) is 18.6. The zero-order valence-electron chi connectivity index (χ0n) is 18.6. The van der Waals surface area contributed by atoms with Crippen LogP contribution in [0.15, 0.2) is 48.5 Å². The first-order valence-corrected chi connectivity index (χ1v) is 12.0. The monoisotopic (exact) mass is 418 g/mol. The van der Waals surface area contributed by atoms with Crippen LogP contribution in [-0.4, -0.2) is 31.6 Å². The third-order valence-corrected chi connectivity index (χ3v) is 7.10. The van der Waals surface area contributed by atoms with E-state index >= 15 is 0 Å². The molecule has 1 unspecified atom stereocenters. The normalized spacial score (nSPS) is 20.4. The van der Waals surface area contributed by atoms with Gasteiger partial charge in [-0.25, -0.2) is 0 Å². The zero-order chi connectivity index (χ0) is 21.2. The van der Waals surface area contributed by atoms with E-state index < -0.39 is 0 Å². The number of hydrogen-bond donors (Lipinski definition) is 1. The summed E-state index contributed by atoms with van der Waals surface area (Å²) in [5.74, 6) is 2.46. The smallest absolute Gasteiger partial charge is 0.227 e. The SMILES string of the molecule is CC(C(=O)NC1CC1)c1ccc(C2CCN(c3ccc(OCC4CC4)cc3)CC2)cc1. The van der Waals surface area contributed by atoms with E-state index in [0.717, 1.165) is 62.6 Å². The summed E-state index contributed by atoms with van der Waals surface area (Å²) >= 11 is 0. The number of hydrogen-bond acceptors (Lipinski definition) is 3. The molecule has 3 aliphatic rings. The summed E-state index contributed by atoms with van der Waals surface area (Å²) in [4.78, 5) is 14.8. The van der Waals surface area contributed by atoms with Gasteiger partial charge >= 0.3 is 0 Å². The Morgan fingerprint density at radius 3 is 2.26 bits per heavy atom. The molecule has 5 rings (SSSR count). The first kappa shape index (κ1) is 20.4. The van der Waals surface area contributed by atoms with E-state index in [4.69, 9.17) is 4.74 Å². The van der Waals surface area contributed by atoms with Gasteiger partial charge in [0.2, 0.25) is 5.91 Å². The van der Waals surface area contributed by atoms with Crippen molar-refractivity contribution in [2.45, 2.75) is 63.3 Å². The summed E-state index contributed by atoms with van der Waals surface area (Å²) in [6.07, 6.45) is 7.24. The van der Waals surface area contributed by atoms with E-state index in [1.807, 2.05) is 6.92 Å². The highest BCUT2D eigenvalue weighted by atomic mass is 16.5. The van der Waals surface area contributed by atoms with E-state index in [9.17, 15) is 4.79 Å². The van der Waals surface area contributed by atoms with Crippen molar-refractivity contribution in [3.05, 3.63) is 59.7 Å². The molecule has 1 saturated heterocycles. The molecule has 0 aromatic heterocycles. The fourth-order valence-corrected chi connectivity index (χ4v) is 4.48. The molecule has 4 nitrogen and oxygen atoms in total. The van der Waals surface area contributed by atoms with Crippen LogP contribution < -0.4 is 15.0 Å². The quantitative estimate of drug-likeness (QED) is 0.637. The molecule has 4 heteroatoms. The third-order valence-electron chi connectivity index (χ3n) is 7.10. The number of benzene rings is 2. The summed E-state index contributed by atoms with van der Waals surface area (Å²) in [7, 11) is 0. The molecular weight excluding hydrogens is 384 g/mol. The fraction of sp³-hybridized carbons (Fsp3) is 0.519. The molecule has 1 atom stereocenters. The largest absolute Gasteiger partial charge is 0.493 e. The minimum Gasteiger partial charge on any atom is -0.493 e. The second-order valence-electron chi connectivity index (χ2n) is 9.68. The van der Waals surface area contributed by atoms with Crippen molar-refractivity contribution in [2.75, 3.05) is 24.6 Å². The van der Waals surface area contributed by atoms with Crippen LogP contribution >= 0.6 is 0 Å². The van der Waals surface area contributed by atoms with E-state index in [2.05, 4.69) is 58.7 Å². The second-order valence-corrected chi connectivity index (χ2v) is 9.68. The van der Waals surface area contributed by atoms with Gasteiger partial charge in [0, 0.05) is 24.8 Å². The van der Waals surface area contributed by atoms with Crippen molar-refractivity contribution in [1.29, 1.82) is 0 Å². The lowest BCUT2D eigenvalue weighted by molar-refractivity contribution is -0.122. The van der Waals surface area contributed by atoms with Gasteiger partial charge in [0.05, 0.1) is 12.5 Å². The van der Waals surface area contributed by atoms with E-state index in [1.165, 1.54) is 24.1 Å². The highest BCUT2D eigenvalue weighted by Crippen LogP contribution is 2.33. The van der Waals surface area contributed by atoms with Crippen molar-refractivity contribution < 1.29 is 9.53 Å². The Kier molecular flexibility index (Phi) is 5.89. The first-order valence-electron chi connectivity index (χ1n) is 12.0. The maximum atomic E-state index is 12.3. The number of nitrogens with one attached hydrogen (secondary N) is 1. The standard InChI is InChI=1S/C27H34N2O2/c1-19(27(30)28-24-8-9-24)21-4-6-22(7-5-21)23-14-16-29(17-15-23)25-10-12-26(13-11-25)31-18-20-2-3-20/h4-7,10-13,19-20,23-24H,2-3,8-9,14-18H2,1H3,(H,28,30). The molecular formula is C27H34N2O2. The van der Waals surface area contributed by atoms with Gasteiger partial charge in [-0.05, 0) is 92.7 Å². The number of rotatable bonds is 8. The minimum absolute atomic E-state index is 0.0762. The van der Waals surface area contributed by atoms with Gasteiger partial charge in [0.25, 0.3) is 0 Å². The topological polar surface area (TPSA) is 41.6 Å². The van der Waals surface area contributed by atoms with Gasteiger partial charge in [-0.1, -0.05) is 24.3 Å². The van der Waals surface area contributed by atoms with Crippen LogP contribution in [0.25, 0.3) is 0 Å². The second kappa shape index (κ2) is 8.94. The van der Waals surface area contributed by atoms with Crippen molar-refractivity contribution in [3.8, 4) is 5.75 Å². The molecule has 31 heavy (non-hydrogen) atoms. The number of nitrogens with zero attached hydrogens (tertiary/aromatic N) is 1. The Morgan fingerprint density at radius 1 is 0.968 bits per heavy atom. The summed E-state index contributed by atoms with van der Waals surface area (Å²) < 4.78 is 5.87. The Bertz CT molecular complexity index is 876. The number of anilines is 1. The lowest BCUT2D eigenvalue weighted by Gasteiger charge is -2.34. The molecule has 2 aliphatic carbocycles. The number of carbonyl (C=O) groups excluding carboxylic acids is 1. The molecule has 3 fully saturated rings. The summed E-state index contributed by atoms with van der Waals surface area (Å²) in [5.41, 5.74) is 3.81. The maximum absolute atomic E-state index is 12.3. The highest BCUT2D eigenvalue weighted by Gasteiger charge is 2.27. The molecule has 1 N–H and O–H groups in total. The van der Waals surface area contributed by atoms with E-state index in [0.29, 0.717) is 12.0 Å². The summed E-state index contributed by atoms with van der Waals surface area (Å²) in [6.45, 7) is 5.03. The number of ether oxygens (including phenoxy) is 1. The predicted molar refractivity (Wildman–Crippen MR) is 125 cm³/mol. The van der Waals surface area contributed by atoms with Gasteiger partial charge in [0.15, 0.2) is 0 Å². The number of amides is 1. The van der Waals surface area contributed by atoms with Gasteiger partial charge in [-0.15, -0.1) is 0 Å². The van der Waals surface area contributed by atoms with Crippen molar-refractivity contribution in [1.82, 2.24) is 5.32 Å². The molecule has 2 saturated carbocycles.